The molecule has 0 radical (unpaired) electrons. The second-order valence-electron chi connectivity index (χ2n) is 7.20. The van der Waals surface area contributed by atoms with Crippen LogP contribution in [0, 0.1) is 0 Å². The van der Waals surface area contributed by atoms with Gasteiger partial charge in [-0.1, -0.05) is 47.6 Å². The Morgan fingerprint density at radius 3 is 2.52 bits per heavy atom. The molecule has 33 heavy (non-hydrogen) atoms. The molecule has 0 saturated heterocycles. The third kappa shape index (κ3) is 4.09. The first-order valence-electron chi connectivity index (χ1n) is 9.76. The molecule has 0 fully saturated rings. The first kappa shape index (κ1) is 21.5. The van der Waals surface area contributed by atoms with E-state index in [-0.39, 0.29) is 16.5 Å². The van der Waals surface area contributed by atoms with Crippen LogP contribution < -0.4 is 5.32 Å². The number of hydrogen-bond donors (Lipinski definition) is 1. The SMILES string of the molecule is O=C(CSc1nc2ccccc2c2nc3ccccc3n12)Nc1cc(C(F)(F)F)ccc1Cl. The van der Waals surface area contributed by atoms with Crippen LogP contribution in [0.2, 0.25) is 5.02 Å². The first-order valence-corrected chi connectivity index (χ1v) is 11.1. The number of alkyl halides is 3. The number of thioether (sulfide) groups is 1. The molecule has 0 aliphatic rings. The Bertz CT molecular complexity index is 1530. The fraction of sp³-hybridized carbons (Fsp3) is 0.0870. The van der Waals surface area contributed by atoms with Crippen molar-refractivity contribution in [1.82, 2.24) is 14.4 Å². The van der Waals surface area contributed by atoms with E-state index < -0.39 is 17.6 Å². The van der Waals surface area contributed by atoms with Crippen molar-refractivity contribution >= 4 is 62.5 Å². The summed E-state index contributed by atoms with van der Waals surface area (Å²) in [6.07, 6.45) is -4.54. The quantitative estimate of drug-likeness (QED) is 0.234. The summed E-state index contributed by atoms with van der Waals surface area (Å²) < 4.78 is 40.9. The van der Waals surface area contributed by atoms with E-state index in [0.717, 1.165) is 51.9 Å². The van der Waals surface area contributed by atoms with Gasteiger partial charge >= 0.3 is 6.18 Å². The molecule has 5 nitrogen and oxygen atoms in total. The number of nitrogens with zero attached hydrogens (tertiary/aromatic N) is 3. The average Bonchev–Trinajstić information content (AvgIpc) is 3.18. The molecule has 1 amide bonds. The monoisotopic (exact) mass is 486 g/mol. The molecular weight excluding hydrogens is 473 g/mol. The molecule has 0 aliphatic heterocycles. The molecule has 5 rings (SSSR count). The lowest BCUT2D eigenvalue weighted by atomic mass is 10.2. The maximum absolute atomic E-state index is 13.0. The number of imidazole rings is 1. The van der Waals surface area contributed by atoms with Crippen LogP contribution in [0.5, 0.6) is 0 Å². The van der Waals surface area contributed by atoms with Crippen molar-refractivity contribution in [3.05, 3.63) is 77.3 Å². The highest BCUT2D eigenvalue weighted by molar-refractivity contribution is 7.99. The number of halogens is 4. The van der Waals surface area contributed by atoms with Crippen molar-refractivity contribution in [1.29, 1.82) is 0 Å². The van der Waals surface area contributed by atoms with Crippen molar-refractivity contribution < 1.29 is 18.0 Å². The number of aromatic nitrogens is 3. The molecule has 166 valence electrons. The fourth-order valence-corrected chi connectivity index (χ4v) is 4.50. The van der Waals surface area contributed by atoms with E-state index >= 15 is 0 Å². The van der Waals surface area contributed by atoms with Gasteiger partial charge in [-0.2, -0.15) is 13.2 Å². The van der Waals surface area contributed by atoms with Gasteiger partial charge in [-0.05, 0) is 42.5 Å². The van der Waals surface area contributed by atoms with Crippen LogP contribution in [0.4, 0.5) is 18.9 Å². The van der Waals surface area contributed by atoms with Crippen molar-refractivity contribution in [2.45, 2.75) is 11.3 Å². The van der Waals surface area contributed by atoms with Crippen LogP contribution in [0.1, 0.15) is 5.56 Å². The van der Waals surface area contributed by atoms with E-state index in [4.69, 9.17) is 21.6 Å². The van der Waals surface area contributed by atoms with Crippen molar-refractivity contribution in [2.75, 3.05) is 11.1 Å². The van der Waals surface area contributed by atoms with Crippen LogP contribution in [0.15, 0.2) is 71.9 Å². The lowest BCUT2D eigenvalue weighted by molar-refractivity contribution is -0.137. The highest BCUT2D eigenvalue weighted by atomic mass is 35.5. The molecule has 0 saturated carbocycles. The number of nitrogens with one attached hydrogen (secondary N) is 1. The second-order valence-corrected chi connectivity index (χ2v) is 8.55. The summed E-state index contributed by atoms with van der Waals surface area (Å²) in [5, 5.41) is 3.90. The summed E-state index contributed by atoms with van der Waals surface area (Å²) in [5.74, 6) is -0.590. The van der Waals surface area contributed by atoms with E-state index in [2.05, 4.69) is 5.32 Å². The lowest BCUT2D eigenvalue weighted by Crippen LogP contribution is -2.16. The maximum Gasteiger partial charge on any atom is 0.416 e. The van der Waals surface area contributed by atoms with Gasteiger partial charge in [-0.25, -0.2) is 9.97 Å². The second kappa shape index (κ2) is 8.24. The first-order chi connectivity index (χ1) is 15.8. The number of carbonyl (C=O) groups excluding carboxylic acids is 1. The number of amides is 1. The van der Waals surface area contributed by atoms with Gasteiger partial charge in [-0.15, -0.1) is 0 Å². The normalized spacial score (nSPS) is 12.0. The van der Waals surface area contributed by atoms with Gasteiger partial charge in [0.25, 0.3) is 0 Å². The molecule has 3 aromatic carbocycles. The van der Waals surface area contributed by atoms with E-state index in [0.29, 0.717) is 10.8 Å². The molecule has 5 aromatic rings. The predicted molar refractivity (Wildman–Crippen MR) is 124 cm³/mol. The average molecular weight is 487 g/mol. The van der Waals surface area contributed by atoms with Gasteiger partial charge in [0.2, 0.25) is 5.91 Å². The van der Waals surface area contributed by atoms with E-state index in [1.54, 1.807) is 0 Å². The molecular formula is C23H14ClF3N4OS. The summed E-state index contributed by atoms with van der Waals surface area (Å²) in [7, 11) is 0. The largest absolute Gasteiger partial charge is 0.416 e. The van der Waals surface area contributed by atoms with Crippen LogP contribution >= 0.6 is 23.4 Å². The number of anilines is 1. The summed E-state index contributed by atoms with van der Waals surface area (Å²) in [6.45, 7) is 0. The molecule has 10 heteroatoms. The van der Waals surface area contributed by atoms with Crippen LogP contribution in [-0.2, 0) is 11.0 Å². The molecule has 0 aliphatic carbocycles. The van der Waals surface area contributed by atoms with Gasteiger partial charge in [0.05, 0.1) is 38.6 Å². The number of hydrogen-bond acceptors (Lipinski definition) is 4. The minimum Gasteiger partial charge on any atom is -0.324 e. The highest BCUT2D eigenvalue weighted by Gasteiger charge is 2.31. The van der Waals surface area contributed by atoms with Crippen molar-refractivity contribution in [3.8, 4) is 0 Å². The van der Waals surface area contributed by atoms with Gasteiger partial charge < -0.3 is 5.32 Å². The Balaban J connectivity index is 1.47. The minimum absolute atomic E-state index is 0.0215. The zero-order valence-electron chi connectivity index (χ0n) is 16.7. The van der Waals surface area contributed by atoms with E-state index in [9.17, 15) is 18.0 Å². The van der Waals surface area contributed by atoms with Crippen LogP contribution in [0.25, 0.3) is 27.6 Å². The minimum atomic E-state index is -4.54. The van der Waals surface area contributed by atoms with Crippen molar-refractivity contribution in [2.24, 2.45) is 0 Å². The Morgan fingerprint density at radius 1 is 1.00 bits per heavy atom. The zero-order chi connectivity index (χ0) is 23.2. The van der Waals surface area contributed by atoms with E-state index in [1.165, 1.54) is 0 Å². The number of fused-ring (bicyclic) bond motifs is 5. The van der Waals surface area contributed by atoms with Crippen LogP contribution in [-0.4, -0.2) is 26.0 Å². The third-order valence-corrected chi connectivity index (χ3v) is 6.28. The Labute approximate surface area is 194 Å². The summed E-state index contributed by atoms with van der Waals surface area (Å²) in [4.78, 5) is 22.0. The lowest BCUT2D eigenvalue weighted by Gasteiger charge is -2.12. The highest BCUT2D eigenvalue weighted by Crippen LogP contribution is 2.34. The van der Waals surface area contributed by atoms with Gasteiger partial charge in [-0.3, -0.25) is 9.20 Å². The molecule has 1 N–H and O–H groups in total. The van der Waals surface area contributed by atoms with Crippen LogP contribution in [0.3, 0.4) is 0 Å². The third-order valence-electron chi connectivity index (χ3n) is 5.01. The Hall–Kier alpha value is -3.30. The van der Waals surface area contributed by atoms with E-state index in [1.807, 2.05) is 52.9 Å². The van der Waals surface area contributed by atoms with Crippen molar-refractivity contribution in [3.63, 3.8) is 0 Å². The summed E-state index contributed by atoms with van der Waals surface area (Å²) >= 11 is 7.15. The zero-order valence-corrected chi connectivity index (χ0v) is 18.3. The molecule has 0 atom stereocenters. The topological polar surface area (TPSA) is 59.3 Å². The van der Waals surface area contributed by atoms with Gasteiger partial charge in [0, 0.05) is 5.39 Å². The van der Waals surface area contributed by atoms with Gasteiger partial charge in [0.15, 0.2) is 5.16 Å². The van der Waals surface area contributed by atoms with Gasteiger partial charge in [0.1, 0.15) is 5.65 Å². The fourth-order valence-electron chi connectivity index (χ4n) is 3.52. The maximum atomic E-state index is 13.0. The number of benzene rings is 3. The smallest absolute Gasteiger partial charge is 0.324 e. The predicted octanol–water partition coefficient (Wildman–Crippen LogP) is 6.44. The molecule has 2 heterocycles. The number of carbonyl (C=O) groups is 1. The molecule has 0 spiro atoms. The summed E-state index contributed by atoms with van der Waals surface area (Å²) in [5.41, 5.74) is 2.08. The Kier molecular flexibility index (Phi) is 5.38. The standard InChI is InChI=1S/C23H14ClF3N4OS/c24-15-10-9-13(23(25,26)27)11-18(15)28-20(32)12-33-22-30-16-6-2-1-5-14(16)21-29-17-7-3-4-8-19(17)31(21)22/h1-11H,12H2,(H,28,32). The molecule has 2 aromatic heterocycles. The summed E-state index contributed by atoms with van der Waals surface area (Å²) in [6, 6.07) is 18.0. The Morgan fingerprint density at radius 2 is 1.73 bits per heavy atom. The molecule has 0 bridgehead atoms. The number of para-hydroxylation sites is 3. The number of rotatable bonds is 4. The molecule has 0 unspecified atom stereocenters.